The average Bonchev–Trinajstić information content (AvgIpc) is 2.54. The molecule has 1 aromatic rings. The summed E-state index contributed by atoms with van der Waals surface area (Å²) in [5.74, 6) is 0. The van der Waals surface area contributed by atoms with Crippen molar-refractivity contribution >= 4 is 13.4 Å². The standard InChI is InChI=1S/C15H24NO3P/c1-6-12-17-20(16-13-10-8-7-9-11-13)18-14(2,3)15(4,5)19-20/h7-11H,6,12H2,1-5H3. The molecule has 0 saturated carbocycles. The second-order valence-corrected chi connectivity index (χ2v) is 7.70. The van der Waals surface area contributed by atoms with E-state index in [-0.39, 0.29) is 0 Å². The van der Waals surface area contributed by atoms with Crippen molar-refractivity contribution < 1.29 is 13.6 Å². The largest absolute Gasteiger partial charge is 0.361 e. The van der Waals surface area contributed by atoms with E-state index in [1.807, 2.05) is 58.0 Å². The first kappa shape index (κ1) is 15.7. The maximum atomic E-state index is 6.16. The number of benzene rings is 1. The van der Waals surface area contributed by atoms with Crippen molar-refractivity contribution in [1.82, 2.24) is 0 Å². The van der Waals surface area contributed by atoms with Gasteiger partial charge in [0, 0.05) is 0 Å². The third-order valence-corrected chi connectivity index (χ3v) is 5.95. The Morgan fingerprint density at radius 2 is 1.60 bits per heavy atom. The lowest BCUT2D eigenvalue weighted by Crippen LogP contribution is -2.41. The Morgan fingerprint density at radius 1 is 1.05 bits per heavy atom. The molecule has 0 atom stereocenters. The lowest BCUT2D eigenvalue weighted by atomic mass is 9.90. The fraction of sp³-hybridized carbons (Fsp3) is 0.600. The molecule has 0 spiro atoms. The second kappa shape index (κ2) is 5.61. The molecule has 0 N–H and O–H groups in total. The molecule has 1 heterocycles. The van der Waals surface area contributed by atoms with E-state index in [1.54, 1.807) is 0 Å². The van der Waals surface area contributed by atoms with E-state index in [0.29, 0.717) is 6.61 Å². The molecule has 1 aromatic carbocycles. The topological polar surface area (TPSA) is 40.0 Å². The first-order chi connectivity index (χ1) is 9.30. The molecule has 0 radical (unpaired) electrons. The molecular weight excluding hydrogens is 273 g/mol. The minimum absolute atomic E-state index is 0.438. The van der Waals surface area contributed by atoms with Gasteiger partial charge in [-0.15, -0.1) is 0 Å². The van der Waals surface area contributed by atoms with Crippen molar-refractivity contribution in [2.75, 3.05) is 6.61 Å². The summed E-state index contributed by atoms with van der Waals surface area (Å²) in [6.07, 6.45) is 0.902. The molecule has 4 nitrogen and oxygen atoms in total. The molecule has 0 unspecified atom stereocenters. The minimum Gasteiger partial charge on any atom is -0.302 e. The van der Waals surface area contributed by atoms with Crippen LogP contribution in [0, 0.1) is 0 Å². The summed E-state index contributed by atoms with van der Waals surface area (Å²) in [7, 11) is -2.70. The SMILES string of the molecule is CCCOP1(=Nc2ccccc2)OC(C)(C)C(C)(C)O1. The van der Waals surface area contributed by atoms with Gasteiger partial charge >= 0.3 is 7.74 Å². The van der Waals surface area contributed by atoms with Crippen LogP contribution in [0.3, 0.4) is 0 Å². The van der Waals surface area contributed by atoms with Crippen LogP contribution in [0.2, 0.25) is 0 Å². The number of rotatable bonds is 4. The van der Waals surface area contributed by atoms with Gasteiger partial charge in [0.05, 0.1) is 12.3 Å². The molecular formula is C15H24NO3P. The van der Waals surface area contributed by atoms with Crippen molar-refractivity contribution in [1.29, 1.82) is 0 Å². The average molecular weight is 297 g/mol. The summed E-state index contributed by atoms with van der Waals surface area (Å²) in [5.41, 5.74) is -0.0509. The van der Waals surface area contributed by atoms with Crippen molar-refractivity contribution in [3.05, 3.63) is 30.3 Å². The Morgan fingerprint density at radius 3 is 2.10 bits per heavy atom. The van der Waals surface area contributed by atoms with E-state index in [4.69, 9.17) is 13.6 Å². The van der Waals surface area contributed by atoms with Gasteiger partial charge in [-0.25, -0.2) is 0 Å². The van der Waals surface area contributed by atoms with Crippen molar-refractivity contribution in [3.8, 4) is 0 Å². The van der Waals surface area contributed by atoms with E-state index in [9.17, 15) is 0 Å². The highest BCUT2D eigenvalue weighted by molar-refractivity contribution is 7.51. The first-order valence-electron chi connectivity index (χ1n) is 7.04. The number of hydrogen-bond acceptors (Lipinski definition) is 4. The third kappa shape index (κ3) is 3.15. The van der Waals surface area contributed by atoms with E-state index in [0.717, 1.165) is 12.1 Å². The van der Waals surface area contributed by atoms with Gasteiger partial charge in [0.15, 0.2) is 0 Å². The zero-order valence-corrected chi connectivity index (χ0v) is 13.8. The molecule has 2 rings (SSSR count). The molecule has 112 valence electrons. The van der Waals surface area contributed by atoms with Crippen LogP contribution in [-0.2, 0) is 13.6 Å². The van der Waals surface area contributed by atoms with E-state index in [2.05, 4.69) is 11.7 Å². The summed E-state index contributed by atoms with van der Waals surface area (Å²) in [6.45, 7) is 10.7. The van der Waals surface area contributed by atoms with Crippen LogP contribution in [0.25, 0.3) is 0 Å². The van der Waals surface area contributed by atoms with Gasteiger partial charge in [-0.1, -0.05) is 25.1 Å². The maximum Gasteiger partial charge on any atom is 0.361 e. The number of nitrogens with zero attached hydrogens (tertiary/aromatic N) is 1. The van der Waals surface area contributed by atoms with Crippen LogP contribution in [0.5, 0.6) is 0 Å². The van der Waals surface area contributed by atoms with E-state index >= 15 is 0 Å². The Bertz CT molecular complexity index is 491. The highest BCUT2D eigenvalue weighted by Crippen LogP contribution is 2.68. The first-order valence-corrected chi connectivity index (χ1v) is 8.53. The van der Waals surface area contributed by atoms with Crippen LogP contribution < -0.4 is 0 Å². The van der Waals surface area contributed by atoms with Crippen molar-refractivity contribution in [2.45, 2.75) is 52.2 Å². The highest BCUT2D eigenvalue weighted by Gasteiger charge is 2.55. The molecule has 0 aliphatic carbocycles. The molecule has 20 heavy (non-hydrogen) atoms. The highest BCUT2D eigenvalue weighted by atomic mass is 31.2. The molecule has 5 heteroatoms. The van der Waals surface area contributed by atoms with Gasteiger partial charge in [-0.3, -0.25) is 9.05 Å². The van der Waals surface area contributed by atoms with Crippen LogP contribution in [0.15, 0.2) is 35.1 Å². The van der Waals surface area contributed by atoms with E-state index < -0.39 is 18.9 Å². The normalized spacial score (nSPS) is 22.6. The Balaban J connectivity index is 2.41. The third-order valence-electron chi connectivity index (χ3n) is 3.59. The van der Waals surface area contributed by atoms with Gasteiger partial charge in [-0.05, 0) is 46.2 Å². The minimum atomic E-state index is -2.70. The molecule has 1 fully saturated rings. The zero-order chi connectivity index (χ0) is 14.9. The van der Waals surface area contributed by atoms with Gasteiger partial charge in [0.2, 0.25) is 0 Å². The lowest BCUT2D eigenvalue weighted by Gasteiger charge is -2.29. The Kier molecular flexibility index (Phi) is 4.41. The summed E-state index contributed by atoms with van der Waals surface area (Å²) in [4.78, 5) is 0. The summed E-state index contributed by atoms with van der Waals surface area (Å²) in [6, 6.07) is 9.72. The predicted octanol–water partition coefficient (Wildman–Crippen LogP) is 5.29. The fourth-order valence-corrected chi connectivity index (χ4v) is 4.49. The van der Waals surface area contributed by atoms with Crippen LogP contribution >= 0.6 is 7.74 Å². The van der Waals surface area contributed by atoms with Gasteiger partial charge in [0.1, 0.15) is 11.2 Å². The van der Waals surface area contributed by atoms with Crippen molar-refractivity contribution in [2.24, 2.45) is 4.74 Å². The predicted molar refractivity (Wildman–Crippen MR) is 82.0 cm³/mol. The van der Waals surface area contributed by atoms with Crippen LogP contribution in [-0.4, -0.2) is 17.8 Å². The molecule has 0 amide bonds. The molecule has 0 aromatic heterocycles. The van der Waals surface area contributed by atoms with Gasteiger partial charge in [0.25, 0.3) is 0 Å². The Labute approximate surface area is 121 Å². The van der Waals surface area contributed by atoms with E-state index in [1.165, 1.54) is 0 Å². The molecule has 1 aliphatic heterocycles. The maximum absolute atomic E-state index is 6.16. The fourth-order valence-electron chi connectivity index (χ4n) is 1.78. The smallest absolute Gasteiger partial charge is 0.302 e. The molecule has 1 aliphatic rings. The number of hydrogen-bond donors (Lipinski definition) is 0. The summed E-state index contributed by atoms with van der Waals surface area (Å²) >= 11 is 0. The van der Waals surface area contributed by atoms with Crippen molar-refractivity contribution in [3.63, 3.8) is 0 Å². The Hall–Kier alpha value is -0.670. The molecule has 1 saturated heterocycles. The lowest BCUT2D eigenvalue weighted by molar-refractivity contribution is 0.00578. The van der Waals surface area contributed by atoms with Crippen LogP contribution in [0.1, 0.15) is 41.0 Å². The van der Waals surface area contributed by atoms with Crippen LogP contribution in [0.4, 0.5) is 5.69 Å². The second-order valence-electron chi connectivity index (χ2n) is 5.94. The van der Waals surface area contributed by atoms with Gasteiger partial charge in [-0.2, -0.15) is 4.74 Å². The monoisotopic (exact) mass is 297 g/mol. The van der Waals surface area contributed by atoms with Gasteiger partial charge < -0.3 is 4.52 Å². The summed E-state index contributed by atoms with van der Waals surface area (Å²) in [5, 5.41) is 0. The zero-order valence-electron chi connectivity index (χ0n) is 12.9. The summed E-state index contributed by atoms with van der Waals surface area (Å²) < 4.78 is 22.9. The molecule has 0 bridgehead atoms. The quantitative estimate of drug-likeness (QED) is 0.708.